The lowest BCUT2D eigenvalue weighted by Gasteiger charge is -2.32. The molecule has 0 radical (unpaired) electrons. The predicted molar refractivity (Wildman–Crippen MR) is 112 cm³/mol. The lowest BCUT2D eigenvalue weighted by atomic mass is 9.77. The molecule has 1 saturated carbocycles. The fourth-order valence-corrected chi connectivity index (χ4v) is 4.27. The molecule has 3 rings (SSSR count). The van der Waals surface area contributed by atoms with Gasteiger partial charge in [-0.2, -0.15) is 0 Å². The van der Waals surface area contributed by atoms with Gasteiger partial charge in [0.2, 0.25) is 5.91 Å². The number of aliphatic hydroxyl groups is 1. The minimum atomic E-state index is -0.440. The molecule has 29 heavy (non-hydrogen) atoms. The maximum absolute atomic E-state index is 12.7. The molecule has 1 aromatic carbocycles. The van der Waals surface area contributed by atoms with Crippen molar-refractivity contribution in [1.29, 1.82) is 0 Å². The van der Waals surface area contributed by atoms with Crippen molar-refractivity contribution in [3.8, 4) is 0 Å². The standard InChI is InChI=1S/C23H30N2O4/c1-23(2)12-21(28)25-20-10-8-17(11-19(20)23)22(29)24-13-16-5-3-15(4-6-16)7-9-18(27)14-26/h7-11,15-16,26H,3-6,12-14H2,1-2H3,(H,24,29)(H,25,28)/b9-7+. The fourth-order valence-electron chi connectivity index (χ4n) is 4.27. The molecule has 0 unspecified atom stereocenters. The molecule has 3 N–H and O–H groups in total. The lowest BCUT2D eigenvalue weighted by Crippen LogP contribution is -2.34. The average molecular weight is 399 g/mol. The first-order valence-electron chi connectivity index (χ1n) is 10.3. The maximum Gasteiger partial charge on any atom is 0.251 e. The van der Waals surface area contributed by atoms with Gasteiger partial charge in [0.05, 0.1) is 0 Å². The number of anilines is 1. The number of carbonyl (C=O) groups is 3. The number of carbonyl (C=O) groups excluding carboxylic acids is 3. The van der Waals surface area contributed by atoms with E-state index in [4.69, 9.17) is 5.11 Å². The minimum Gasteiger partial charge on any atom is -0.388 e. The van der Waals surface area contributed by atoms with Crippen molar-refractivity contribution < 1.29 is 19.5 Å². The summed E-state index contributed by atoms with van der Waals surface area (Å²) in [5.41, 5.74) is 2.10. The summed E-state index contributed by atoms with van der Waals surface area (Å²) in [6.45, 7) is 4.24. The molecular weight excluding hydrogens is 368 g/mol. The molecule has 6 nitrogen and oxygen atoms in total. The Kier molecular flexibility index (Phi) is 6.52. The number of rotatable bonds is 6. The van der Waals surface area contributed by atoms with E-state index >= 15 is 0 Å². The zero-order valence-corrected chi connectivity index (χ0v) is 17.2. The summed E-state index contributed by atoms with van der Waals surface area (Å²) < 4.78 is 0. The number of amides is 2. The summed E-state index contributed by atoms with van der Waals surface area (Å²) in [6.07, 6.45) is 7.78. The molecule has 0 bridgehead atoms. The molecule has 0 spiro atoms. The lowest BCUT2D eigenvalue weighted by molar-refractivity contribution is -0.118. The van der Waals surface area contributed by atoms with Crippen molar-refractivity contribution in [3.05, 3.63) is 41.5 Å². The first-order valence-corrected chi connectivity index (χ1v) is 10.3. The van der Waals surface area contributed by atoms with Crippen LogP contribution in [0.3, 0.4) is 0 Å². The highest BCUT2D eigenvalue weighted by atomic mass is 16.3. The van der Waals surface area contributed by atoms with Crippen LogP contribution in [-0.2, 0) is 15.0 Å². The number of hydrogen-bond donors (Lipinski definition) is 3. The topological polar surface area (TPSA) is 95.5 Å². The van der Waals surface area contributed by atoms with Crippen molar-refractivity contribution in [3.63, 3.8) is 0 Å². The van der Waals surface area contributed by atoms with Crippen LogP contribution in [0.25, 0.3) is 0 Å². The Morgan fingerprint density at radius 2 is 1.97 bits per heavy atom. The zero-order chi connectivity index (χ0) is 21.0. The van der Waals surface area contributed by atoms with Gasteiger partial charge in [-0.1, -0.05) is 19.9 Å². The number of fused-ring (bicyclic) bond motifs is 1. The molecule has 1 heterocycles. The minimum absolute atomic E-state index is 0.00544. The normalized spacial score (nSPS) is 23.3. The summed E-state index contributed by atoms with van der Waals surface area (Å²) in [5.74, 6) is 0.468. The third kappa shape index (κ3) is 5.32. The Balaban J connectivity index is 1.53. The quantitative estimate of drug-likeness (QED) is 0.642. The first-order chi connectivity index (χ1) is 13.8. The molecule has 1 aromatic rings. The van der Waals surface area contributed by atoms with E-state index in [-0.39, 0.29) is 23.0 Å². The van der Waals surface area contributed by atoms with Crippen LogP contribution in [0.2, 0.25) is 0 Å². The number of hydrogen-bond acceptors (Lipinski definition) is 4. The number of aliphatic hydroxyl groups excluding tert-OH is 1. The molecule has 0 saturated heterocycles. The Morgan fingerprint density at radius 3 is 2.66 bits per heavy atom. The van der Waals surface area contributed by atoms with Crippen LogP contribution >= 0.6 is 0 Å². The van der Waals surface area contributed by atoms with Crippen LogP contribution in [0.4, 0.5) is 5.69 Å². The third-order valence-corrected chi connectivity index (χ3v) is 6.04. The van der Waals surface area contributed by atoms with Crippen LogP contribution in [0, 0.1) is 11.8 Å². The van der Waals surface area contributed by atoms with E-state index in [1.54, 1.807) is 6.07 Å². The van der Waals surface area contributed by atoms with Gasteiger partial charge in [0.25, 0.3) is 5.91 Å². The van der Waals surface area contributed by atoms with Crippen molar-refractivity contribution in [2.45, 2.75) is 51.4 Å². The maximum atomic E-state index is 12.7. The van der Waals surface area contributed by atoms with E-state index in [1.165, 1.54) is 6.08 Å². The van der Waals surface area contributed by atoms with Gasteiger partial charge < -0.3 is 15.7 Å². The summed E-state index contributed by atoms with van der Waals surface area (Å²) in [6, 6.07) is 5.47. The van der Waals surface area contributed by atoms with Gasteiger partial charge in [-0.05, 0) is 67.4 Å². The van der Waals surface area contributed by atoms with Crippen LogP contribution in [-0.4, -0.2) is 35.9 Å². The molecule has 0 atom stereocenters. The second kappa shape index (κ2) is 8.91. The summed E-state index contributed by atoms with van der Waals surface area (Å²) in [5, 5.41) is 14.7. The second-order valence-electron chi connectivity index (χ2n) is 8.84. The van der Waals surface area contributed by atoms with Gasteiger partial charge in [-0.25, -0.2) is 0 Å². The van der Waals surface area contributed by atoms with Crippen molar-refractivity contribution >= 4 is 23.3 Å². The molecule has 156 valence electrons. The molecular formula is C23H30N2O4. The zero-order valence-electron chi connectivity index (χ0n) is 17.2. The van der Waals surface area contributed by atoms with Crippen molar-refractivity contribution in [2.75, 3.05) is 18.5 Å². The SMILES string of the molecule is CC1(C)CC(=O)Nc2ccc(C(=O)NCC3CCC(/C=C/C(=O)CO)CC3)cc21. The van der Waals surface area contributed by atoms with Gasteiger partial charge in [-0.3, -0.25) is 14.4 Å². The Hall–Kier alpha value is -2.47. The monoisotopic (exact) mass is 398 g/mol. The van der Waals surface area contributed by atoms with Gasteiger partial charge in [-0.15, -0.1) is 0 Å². The predicted octanol–water partition coefficient (Wildman–Crippen LogP) is 2.96. The van der Waals surface area contributed by atoms with Crippen LogP contribution in [0.15, 0.2) is 30.4 Å². The van der Waals surface area contributed by atoms with E-state index in [2.05, 4.69) is 10.6 Å². The molecule has 1 aliphatic heterocycles. The van der Waals surface area contributed by atoms with Crippen LogP contribution in [0.5, 0.6) is 0 Å². The fraction of sp³-hybridized carbons (Fsp3) is 0.522. The Bertz CT molecular complexity index is 820. The largest absolute Gasteiger partial charge is 0.388 e. The highest BCUT2D eigenvalue weighted by Gasteiger charge is 2.32. The van der Waals surface area contributed by atoms with Crippen LogP contribution < -0.4 is 10.6 Å². The van der Waals surface area contributed by atoms with E-state index in [1.807, 2.05) is 32.1 Å². The average Bonchev–Trinajstić information content (AvgIpc) is 2.70. The van der Waals surface area contributed by atoms with Crippen molar-refractivity contribution in [2.24, 2.45) is 11.8 Å². The first kappa shape index (κ1) is 21.2. The molecule has 2 amide bonds. The summed E-state index contributed by atoms with van der Waals surface area (Å²) in [7, 11) is 0. The Labute approximate surface area is 171 Å². The van der Waals surface area contributed by atoms with Gasteiger partial charge in [0, 0.05) is 29.6 Å². The number of benzene rings is 1. The van der Waals surface area contributed by atoms with E-state index in [9.17, 15) is 14.4 Å². The van der Waals surface area contributed by atoms with E-state index in [0.717, 1.165) is 36.9 Å². The van der Waals surface area contributed by atoms with E-state index in [0.29, 0.717) is 30.4 Å². The van der Waals surface area contributed by atoms with Gasteiger partial charge >= 0.3 is 0 Å². The van der Waals surface area contributed by atoms with Crippen molar-refractivity contribution in [1.82, 2.24) is 5.32 Å². The molecule has 2 aliphatic rings. The Morgan fingerprint density at radius 1 is 1.24 bits per heavy atom. The van der Waals surface area contributed by atoms with Crippen LogP contribution in [0.1, 0.15) is 61.9 Å². The molecule has 6 heteroatoms. The van der Waals surface area contributed by atoms with Gasteiger partial charge in [0.15, 0.2) is 5.78 Å². The number of nitrogens with one attached hydrogen (secondary N) is 2. The number of allylic oxidation sites excluding steroid dienone is 1. The van der Waals surface area contributed by atoms with Gasteiger partial charge in [0.1, 0.15) is 6.61 Å². The highest BCUT2D eigenvalue weighted by Crippen LogP contribution is 2.37. The molecule has 1 aliphatic carbocycles. The second-order valence-corrected chi connectivity index (χ2v) is 8.84. The summed E-state index contributed by atoms with van der Waals surface area (Å²) in [4.78, 5) is 35.7. The summed E-state index contributed by atoms with van der Waals surface area (Å²) >= 11 is 0. The van der Waals surface area contributed by atoms with E-state index < -0.39 is 6.61 Å². The molecule has 0 aromatic heterocycles. The third-order valence-electron chi connectivity index (χ3n) is 6.04. The highest BCUT2D eigenvalue weighted by molar-refractivity contribution is 5.98. The molecule has 1 fully saturated rings. The smallest absolute Gasteiger partial charge is 0.251 e. The number of ketones is 1.